The maximum Gasteiger partial charge on any atom is 0.246 e. The monoisotopic (exact) mass is 296 g/mol. The molecule has 1 saturated carbocycles. The lowest BCUT2D eigenvalue weighted by molar-refractivity contribution is -0.163. The van der Waals surface area contributed by atoms with Gasteiger partial charge in [0, 0.05) is 13.0 Å². The Kier molecular flexibility index (Phi) is 3.92. The zero-order valence-electron chi connectivity index (χ0n) is 12.3. The quantitative estimate of drug-likeness (QED) is 0.744. The van der Waals surface area contributed by atoms with Crippen LogP contribution in [0, 0.1) is 0 Å². The van der Waals surface area contributed by atoms with Crippen LogP contribution in [-0.2, 0) is 9.59 Å². The number of piperazine rings is 1. The molecule has 0 radical (unpaired) electrons. The average molecular weight is 296 g/mol. The second-order valence-corrected chi connectivity index (χ2v) is 6.76. The van der Waals surface area contributed by atoms with E-state index in [9.17, 15) is 19.8 Å². The molecule has 3 aliphatic rings. The zero-order valence-corrected chi connectivity index (χ0v) is 12.3. The minimum Gasteiger partial charge on any atom is -0.393 e. The van der Waals surface area contributed by atoms with Crippen molar-refractivity contribution in [3.05, 3.63) is 0 Å². The van der Waals surface area contributed by atoms with Gasteiger partial charge in [-0.1, -0.05) is 19.3 Å². The van der Waals surface area contributed by atoms with Gasteiger partial charge in [-0.25, -0.2) is 0 Å². The number of hydrogen-bond acceptors (Lipinski definition) is 4. The van der Waals surface area contributed by atoms with Crippen molar-refractivity contribution in [3.8, 4) is 0 Å². The van der Waals surface area contributed by atoms with E-state index < -0.39 is 17.7 Å². The van der Waals surface area contributed by atoms with Crippen molar-refractivity contribution < 1.29 is 19.8 Å². The van der Waals surface area contributed by atoms with E-state index in [-0.39, 0.29) is 24.9 Å². The lowest BCUT2D eigenvalue weighted by Crippen LogP contribution is -2.64. The Bertz CT molecular complexity index is 433. The van der Waals surface area contributed by atoms with E-state index in [1.54, 1.807) is 4.90 Å². The maximum atomic E-state index is 12.6. The fourth-order valence-corrected chi connectivity index (χ4v) is 3.88. The molecule has 2 N–H and O–H groups in total. The normalized spacial score (nSPS) is 33.0. The van der Waals surface area contributed by atoms with Crippen LogP contribution in [0.25, 0.3) is 0 Å². The van der Waals surface area contributed by atoms with Crippen LogP contribution in [0.1, 0.15) is 44.9 Å². The lowest BCUT2D eigenvalue weighted by atomic mass is 9.84. The highest BCUT2D eigenvalue weighted by Crippen LogP contribution is 2.31. The van der Waals surface area contributed by atoms with Gasteiger partial charge in [-0.3, -0.25) is 9.59 Å². The van der Waals surface area contributed by atoms with Crippen molar-refractivity contribution in [1.29, 1.82) is 0 Å². The van der Waals surface area contributed by atoms with E-state index in [0.717, 1.165) is 19.3 Å². The van der Waals surface area contributed by atoms with Crippen molar-refractivity contribution in [2.75, 3.05) is 19.6 Å². The predicted octanol–water partition coefficient (Wildman–Crippen LogP) is -0.124. The largest absolute Gasteiger partial charge is 0.393 e. The van der Waals surface area contributed by atoms with E-state index in [1.807, 2.05) is 0 Å². The minimum absolute atomic E-state index is 0.0632. The summed E-state index contributed by atoms with van der Waals surface area (Å²) in [7, 11) is 0. The lowest BCUT2D eigenvalue weighted by Gasteiger charge is -2.46. The molecule has 0 aromatic carbocycles. The van der Waals surface area contributed by atoms with Crippen LogP contribution in [0.15, 0.2) is 0 Å². The third-order valence-corrected chi connectivity index (χ3v) is 5.09. The molecule has 118 valence electrons. The highest BCUT2D eigenvalue weighted by Gasteiger charge is 2.44. The van der Waals surface area contributed by atoms with E-state index in [2.05, 4.69) is 0 Å². The molecule has 2 aliphatic heterocycles. The molecular weight excluding hydrogens is 272 g/mol. The first-order chi connectivity index (χ1) is 9.98. The number of piperidine rings is 1. The van der Waals surface area contributed by atoms with E-state index in [4.69, 9.17) is 0 Å². The summed E-state index contributed by atoms with van der Waals surface area (Å²) in [5.74, 6) is -0.182. The number of aliphatic hydroxyl groups excluding tert-OH is 1. The van der Waals surface area contributed by atoms with Crippen molar-refractivity contribution in [2.45, 2.75) is 62.7 Å². The van der Waals surface area contributed by atoms with Gasteiger partial charge in [0.25, 0.3) is 0 Å². The molecule has 2 amide bonds. The molecule has 2 saturated heterocycles. The summed E-state index contributed by atoms with van der Waals surface area (Å²) < 4.78 is 0. The minimum atomic E-state index is -0.844. The van der Waals surface area contributed by atoms with Gasteiger partial charge in [0.2, 0.25) is 11.8 Å². The summed E-state index contributed by atoms with van der Waals surface area (Å²) in [4.78, 5) is 27.9. The number of amides is 2. The summed E-state index contributed by atoms with van der Waals surface area (Å²) in [6, 6.07) is -0.540. The number of carbonyl (C=O) groups is 2. The van der Waals surface area contributed by atoms with Crippen LogP contribution >= 0.6 is 0 Å². The number of nitrogens with zero attached hydrogens (tertiary/aromatic N) is 2. The molecule has 0 aromatic heterocycles. The number of β-amino-alcohol motifs (C(OH)–C–C–N with tert-alkyl or cyclic N) is 1. The number of fused-ring (bicyclic) bond motifs is 1. The smallest absolute Gasteiger partial charge is 0.246 e. The van der Waals surface area contributed by atoms with Gasteiger partial charge < -0.3 is 20.0 Å². The second-order valence-electron chi connectivity index (χ2n) is 6.76. The zero-order chi connectivity index (χ0) is 15.0. The summed E-state index contributed by atoms with van der Waals surface area (Å²) in [5.41, 5.74) is -0.844. The highest BCUT2D eigenvalue weighted by atomic mass is 16.3. The number of rotatable bonds is 2. The fourth-order valence-electron chi connectivity index (χ4n) is 3.88. The Morgan fingerprint density at radius 3 is 2.62 bits per heavy atom. The molecule has 0 aromatic rings. The Balaban J connectivity index is 1.71. The van der Waals surface area contributed by atoms with Crippen LogP contribution in [0.5, 0.6) is 0 Å². The molecule has 6 nitrogen and oxygen atoms in total. The summed E-state index contributed by atoms with van der Waals surface area (Å²) in [6.45, 7) is 0.764. The summed E-state index contributed by atoms with van der Waals surface area (Å²) in [6.07, 6.45) is 4.81. The van der Waals surface area contributed by atoms with Gasteiger partial charge >= 0.3 is 0 Å². The van der Waals surface area contributed by atoms with Crippen molar-refractivity contribution in [1.82, 2.24) is 9.80 Å². The molecule has 3 rings (SSSR count). The van der Waals surface area contributed by atoms with Crippen LogP contribution in [0.2, 0.25) is 0 Å². The molecule has 2 heterocycles. The fraction of sp³-hybridized carbons (Fsp3) is 0.867. The topological polar surface area (TPSA) is 81.1 Å². The Hall–Kier alpha value is -1.14. The van der Waals surface area contributed by atoms with Crippen LogP contribution in [-0.4, -0.2) is 69.2 Å². The Labute approximate surface area is 124 Å². The second kappa shape index (κ2) is 5.57. The van der Waals surface area contributed by atoms with Crippen LogP contribution in [0.4, 0.5) is 0 Å². The van der Waals surface area contributed by atoms with Crippen molar-refractivity contribution >= 4 is 11.8 Å². The van der Waals surface area contributed by atoms with Gasteiger partial charge in [0.05, 0.1) is 24.8 Å². The standard InChI is InChI=1S/C15H24N2O4/c18-11-4-7-17-12(8-11)14(20)16(9-13(17)19)10-15(21)5-2-1-3-6-15/h11-12,18,21H,1-10H2/t11-,12+/m1/s1. The van der Waals surface area contributed by atoms with Gasteiger partial charge in [-0.05, 0) is 19.3 Å². The number of hydrogen-bond donors (Lipinski definition) is 2. The first-order valence-corrected chi connectivity index (χ1v) is 7.97. The molecule has 21 heavy (non-hydrogen) atoms. The van der Waals surface area contributed by atoms with Gasteiger partial charge in [0.15, 0.2) is 0 Å². The number of aliphatic hydroxyl groups is 2. The van der Waals surface area contributed by atoms with Gasteiger partial charge in [-0.2, -0.15) is 0 Å². The van der Waals surface area contributed by atoms with Crippen LogP contribution in [0.3, 0.4) is 0 Å². The Morgan fingerprint density at radius 1 is 1.19 bits per heavy atom. The van der Waals surface area contributed by atoms with E-state index in [0.29, 0.717) is 32.2 Å². The Morgan fingerprint density at radius 2 is 1.90 bits per heavy atom. The maximum absolute atomic E-state index is 12.6. The first kappa shape index (κ1) is 14.8. The van der Waals surface area contributed by atoms with Crippen molar-refractivity contribution in [2.24, 2.45) is 0 Å². The molecule has 0 spiro atoms. The molecule has 3 fully saturated rings. The molecule has 1 aliphatic carbocycles. The van der Waals surface area contributed by atoms with Gasteiger partial charge in [-0.15, -0.1) is 0 Å². The number of carbonyl (C=O) groups excluding carboxylic acids is 2. The molecule has 6 heteroatoms. The summed E-state index contributed by atoms with van der Waals surface area (Å²) >= 11 is 0. The van der Waals surface area contributed by atoms with E-state index in [1.165, 1.54) is 4.90 Å². The average Bonchev–Trinajstić information content (AvgIpc) is 2.45. The highest BCUT2D eigenvalue weighted by molar-refractivity contribution is 5.95. The van der Waals surface area contributed by atoms with Gasteiger partial charge in [0.1, 0.15) is 6.04 Å². The first-order valence-electron chi connectivity index (χ1n) is 7.97. The molecule has 0 unspecified atom stereocenters. The third-order valence-electron chi connectivity index (χ3n) is 5.09. The molecule has 0 bridgehead atoms. The van der Waals surface area contributed by atoms with Crippen molar-refractivity contribution in [3.63, 3.8) is 0 Å². The third kappa shape index (κ3) is 2.92. The SMILES string of the molecule is O=C1[C@@H]2C[C@H](O)CCN2C(=O)CN1CC1(O)CCCCC1. The van der Waals surface area contributed by atoms with Crippen LogP contribution < -0.4 is 0 Å². The molecular formula is C15H24N2O4. The molecule has 2 atom stereocenters. The summed E-state index contributed by atoms with van der Waals surface area (Å²) in [5, 5.41) is 20.4. The predicted molar refractivity (Wildman–Crippen MR) is 75.4 cm³/mol. The van der Waals surface area contributed by atoms with E-state index >= 15 is 0 Å².